The molecule has 1 nitrogen and oxygen atoms in total. The van der Waals surface area contributed by atoms with Crippen molar-refractivity contribution in [2.75, 3.05) is 0 Å². The van der Waals surface area contributed by atoms with Crippen molar-refractivity contribution in [1.82, 2.24) is 0 Å². The maximum absolute atomic E-state index is 6.52. The molecular formula is C22H20OSi. The molecule has 0 saturated carbocycles. The molecule has 0 aliphatic carbocycles. The second-order valence-electron chi connectivity index (χ2n) is 5.46. The summed E-state index contributed by atoms with van der Waals surface area (Å²) in [6, 6.07) is 31.5. The van der Waals surface area contributed by atoms with Crippen LogP contribution in [-0.4, -0.2) is 8.32 Å². The highest BCUT2D eigenvalue weighted by atomic mass is 28.4. The van der Waals surface area contributed by atoms with Crippen LogP contribution in [0.2, 0.25) is 0 Å². The van der Waals surface area contributed by atoms with E-state index >= 15 is 0 Å². The molecule has 0 aromatic heterocycles. The lowest BCUT2D eigenvalue weighted by atomic mass is 10.3. The van der Waals surface area contributed by atoms with E-state index in [1.807, 2.05) is 24.3 Å². The molecular weight excluding hydrogens is 308 g/mol. The van der Waals surface area contributed by atoms with Crippen LogP contribution in [0, 0.1) is 0 Å². The fraction of sp³-hybridized carbons (Fsp3) is 0. The Labute approximate surface area is 144 Å². The van der Waals surface area contributed by atoms with Gasteiger partial charge in [0.05, 0.1) is 6.26 Å². The van der Waals surface area contributed by atoms with Gasteiger partial charge >= 0.3 is 8.32 Å². The van der Waals surface area contributed by atoms with Gasteiger partial charge in [0, 0.05) is 0 Å². The van der Waals surface area contributed by atoms with Crippen LogP contribution in [0.25, 0.3) is 0 Å². The molecule has 0 aliphatic rings. The third-order valence-electron chi connectivity index (χ3n) is 4.00. The van der Waals surface area contributed by atoms with E-state index in [1.54, 1.807) is 12.3 Å². The van der Waals surface area contributed by atoms with E-state index in [4.69, 9.17) is 4.43 Å². The third-order valence-corrected chi connectivity index (χ3v) is 7.93. The minimum Gasteiger partial charge on any atom is -0.536 e. The summed E-state index contributed by atoms with van der Waals surface area (Å²) in [5, 5.41) is 3.66. The van der Waals surface area contributed by atoms with Gasteiger partial charge in [-0.3, -0.25) is 0 Å². The molecule has 0 amide bonds. The minimum absolute atomic E-state index is 1.22. The van der Waals surface area contributed by atoms with Crippen LogP contribution < -0.4 is 15.6 Å². The fourth-order valence-electron chi connectivity index (χ4n) is 2.92. The molecule has 24 heavy (non-hydrogen) atoms. The normalized spacial score (nSPS) is 11.3. The lowest BCUT2D eigenvalue weighted by Gasteiger charge is -2.31. The first-order valence-corrected chi connectivity index (χ1v) is 9.91. The second kappa shape index (κ2) is 7.62. The van der Waals surface area contributed by atoms with E-state index in [0.717, 1.165) is 0 Å². The molecule has 3 rings (SSSR count). The van der Waals surface area contributed by atoms with E-state index in [1.165, 1.54) is 15.6 Å². The van der Waals surface area contributed by atoms with Gasteiger partial charge in [-0.2, -0.15) is 0 Å². The number of allylic oxidation sites excluding steroid dienone is 2. The van der Waals surface area contributed by atoms with Gasteiger partial charge in [0.2, 0.25) is 0 Å². The molecule has 0 N–H and O–H groups in total. The minimum atomic E-state index is -2.60. The summed E-state index contributed by atoms with van der Waals surface area (Å²) in [6.45, 7) is 3.75. The molecule has 0 heterocycles. The van der Waals surface area contributed by atoms with Crippen LogP contribution in [0.4, 0.5) is 0 Å². The first-order valence-electron chi connectivity index (χ1n) is 8.00. The highest BCUT2D eigenvalue weighted by Crippen LogP contribution is 2.10. The Morgan fingerprint density at radius 1 is 0.625 bits per heavy atom. The van der Waals surface area contributed by atoms with Crippen LogP contribution in [0.15, 0.2) is 116 Å². The van der Waals surface area contributed by atoms with E-state index in [-0.39, 0.29) is 0 Å². The molecule has 118 valence electrons. The summed E-state index contributed by atoms with van der Waals surface area (Å²) in [7, 11) is -2.60. The summed E-state index contributed by atoms with van der Waals surface area (Å²) in [4.78, 5) is 0. The second-order valence-corrected chi connectivity index (χ2v) is 8.79. The zero-order chi connectivity index (χ0) is 16.7. The topological polar surface area (TPSA) is 9.23 Å². The largest absolute Gasteiger partial charge is 0.536 e. The third kappa shape index (κ3) is 3.10. The SMILES string of the molecule is C=CC=CO[Si](c1ccccc1)(c1ccccc1)c1ccccc1. The predicted molar refractivity (Wildman–Crippen MR) is 104 cm³/mol. The molecule has 0 atom stereocenters. The number of benzene rings is 3. The van der Waals surface area contributed by atoms with Crippen molar-refractivity contribution < 1.29 is 4.43 Å². The van der Waals surface area contributed by atoms with Crippen LogP contribution in [-0.2, 0) is 4.43 Å². The van der Waals surface area contributed by atoms with Crippen LogP contribution in [0.1, 0.15) is 0 Å². The highest BCUT2D eigenvalue weighted by Gasteiger charge is 2.42. The number of hydrogen-bond acceptors (Lipinski definition) is 1. The molecule has 0 spiro atoms. The molecule has 0 fully saturated rings. The highest BCUT2D eigenvalue weighted by molar-refractivity contribution is 7.07. The first kappa shape index (κ1) is 16.0. The number of rotatable bonds is 6. The standard InChI is InChI=1S/C22H20OSi/c1-2-3-19-23-24(20-13-7-4-8-14-20,21-15-9-5-10-16-21)22-17-11-6-12-18-22/h2-19H,1H2. The molecule has 0 radical (unpaired) electrons. The maximum Gasteiger partial charge on any atom is 0.346 e. The zero-order valence-electron chi connectivity index (χ0n) is 13.5. The van der Waals surface area contributed by atoms with Crippen molar-refractivity contribution in [1.29, 1.82) is 0 Å². The van der Waals surface area contributed by atoms with Crippen LogP contribution in [0.3, 0.4) is 0 Å². The molecule has 3 aromatic carbocycles. The van der Waals surface area contributed by atoms with E-state index in [2.05, 4.69) is 79.4 Å². The Morgan fingerprint density at radius 3 is 1.33 bits per heavy atom. The van der Waals surface area contributed by atoms with Crippen LogP contribution >= 0.6 is 0 Å². The lowest BCUT2D eigenvalue weighted by Crippen LogP contribution is -2.68. The first-order chi connectivity index (χ1) is 11.9. The zero-order valence-corrected chi connectivity index (χ0v) is 14.5. The maximum atomic E-state index is 6.52. The van der Waals surface area contributed by atoms with Gasteiger partial charge < -0.3 is 4.43 Å². The summed E-state index contributed by atoms with van der Waals surface area (Å²) < 4.78 is 6.52. The monoisotopic (exact) mass is 328 g/mol. The summed E-state index contributed by atoms with van der Waals surface area (Å²) in [6.07, 6.45) is 5.35. The molecule has 0 saturated heterocycles. The van der Waals surface area contributed by atoms with Crippen molar-refractivity contribution in [3.8, 4) is 0 Å². The van der Waals surface area contributed by atoms with Crippen molar-refractivity contribution in [3.63, 3.8) is 0 Å². The molecule has 0 bridgehead atoms. The average molecular weight is 328 g/mol. The average Bonchev–Trinajstić information content (AvgIpc) is 2.68. The summed E-state index contributed by atoms with van der Waals surface area (Å²) in [5.74, 6) is 0. The Kier molecular flexibility index (Phi) is 5.09. The van der Waals surface area contributed by atoms with Gasteiger partial charge in [0.15, 0.2) is 0 Å². The Bertz CT molecular complexity index is 698. The van der Waals surface area contributed by atoms with Gasteiger partial charge in [0.1, 0.15) is 0 Å². The van der Waals surface area contributed by atoms with Gasteiger partial charge in [-0.05, 0) is 21.6 Å². The number of hydrogen-bond donors (Lipinski definition) is 0. The molecule has 0 unspecified atom stereocenters. The van der Waals surface area contributed by atoms with E-state index in [9.17, 15) is 0 Å². The molecule has 3 aromatic rings. The molecule has 0 aliphatic heterocycles. The van der Waals surface area contributed by atoms with Gasteiger partial charge in [-0.25, -0.2) is 0 Å². The van der Waals surface area contributed by atoms with E-state index in [0.29, 0.717) is 0 Å². The summed E-state index contributed by atoms with van der Waals surface area (Å²) >= 11 is 0. The van der Waals surface area contributed by atoms with Gasteiger partial charge in [-0.1, -0.05) is 104 Å². The van der Waals surface area contributed by atoms with E-state index < -0.39 is 8.32 Å². The Morgan fingerprint density at radius 2 is 1.00 bits per heavy atom. The van der Waals surface area contributed by atoms with Gasteiger partial charge in [-0.15, -0.1) is 0 Å². The lowest BCUT2D eigenvalue weighted by molar-refractivity contribution is 0.497. The quantitative estimate of drug-likeness (QED) is 0.292. The Hall–Kier alpha value is -2.84. The van der Waals surface area contributed by atoms with Crippen molar-refractivity contribution >= 4 is 23.9 Å². The Balaban J connectivity index is 2.28. The smallest absolute Gasteiger partial charge is 0.346 e. The van der Waals surface area contributed by atoms with Gasteiger partial charge in [0.25, 0.3) is 0 Å². The fourth-order valence-corrected chi connectivity index (χ4v) is 6.60. The van der Waals surface area contributed by atoms with Crippen molar-refractivity contribution in [2.24, 2.45) is 0 Å². The predicted octanol–water partition coefficient (Wildman–Crippen LogP) is 3.37. The molecule has 2 heteroatoms. The van der Waals surface area contributed by atoms with Crippen LogP contribution in [0.5, 0.6) is 0 Å². The van der Waals surface area contributed by atoms with Crippen molar-refractivity contribution in [3.05, 3.63) is 116 Å². The van der Waals surface area contributed by atoms with Crippen molar-refractivity contribution in [2.45, 2.75) is 0 Å². The summed E-state index contributed by atoms with van der Waals surface area (Å²) in [5.41, 5.74) is 0.